The van der Waals surface area contributed by atoms with E-state index in [4.69, 9.17) is 0 Å². The summed E-state index contributed by atoms with van der Waals surface area (Å²) < 4.78 is 33.6. The Bertz CT molecular complexity index is 950. The molecule has 3 N–H and O–H groups in total. The van der Waals surface area contributed by atoms with Gasteiger partial charge in [-0.05, 0) is 51.3 Å². The van der Waals surface area contributed by atoms with Crippen LogP contribution in [-0.2, 0) is 10.3 Å². The number of rotatable bonds is 4. The molecule has 0 atom stereocenters. The highest BCUT2D eigenvalue weighted by atomic mass is 32.2. The largest absolute Gasteiger partial charge is 0.353 e. The number of H-pyrrole nitrogens is 1. The van der Waals surface area contributed by atoms with Crippen LogP contribution in [0.3, 0.4) is 0 Å². The van der Waals surface area contributed by atoms with E-state index in [1.165, 1.54) is 49.3 Å². The predicted octanol–water partition coefficient (Wildman–Crippen LogP) is 2.20. The van der Waals surface area contributed by atoms with E-state index in [1.54, 1.807) is 0 Å². The summed E-state index contributed by atoms with van der Waals surface area (Å²) in [5.41, 5.74) is 0.293. The number of hydrogen-bond acceptors (Lipinski definition) is 6. The van der Waals surface area contributed by atoms with E-state index in [0.717, 1.165) is 35.6 Å². The van der Waals surface area contributed by atoms with Crippen molar-refractivity contribution in [1.82, 2.24) is 24.6 Å². The molecule has 2 saturated carbocycles. The van der Waals surface area contributed by atoms with E-state index in [-0.39, 0.29) is 6.54 Å². The Balaban J connectivity index is 0.000000204. The number of fused-ring (bicyclic) bond motifs is 1. The number of aromatic nitrogens is 3. The Labute approximate surface area is 178 Å². The lowest BCUT2D eigenvalue weighted by atomic mass is 9.89. The molecule has 166 valence electrons. The minimum Gasteiger partial charge on any atom is -0.353 e. The fraction of sp³-hybridized carbons (Fsp3) is 0.700. The SMILES string of the molecule is CNCC1CCCCC1.O=S(=O)(O)N1CCN(c2ncnc3[nH]ccc23)CC12CC2. The van der Waals surface area contributed by atoms with E-state index in [9.17, 15) is 13.0 Å². The van der Waals surface area contributed by atoms with Crippen LogP contribution in [-0.4, -0.2) is 71.0 Å². The molecule has 3 aliphatic rings. The van der Waals surface area contributed by atoms with Crippen LogP contribution in [0.4, 0.5) is 5.82 Å². The van der Waals surface area contributed by atoms with Gasteiger partial charge in [-0.3, -0.25) is 4.55 Å². The summed E-state index contributed by atoms with van der Waals surface area (Å²) in [7, 11) is -2.09. The van der Waals surface area contributed by atoms with Gasteiger partial charge in [-0.1, -0.05) is 19.3 Å². The summed E-state index contributed by atoms with van der Waals surface area (Å²) >= 11 is 0. The van der Waals surface area contributed by atoms with Gasteiger partial charge >= 0.3 is 10.3 Å². The van der Waals surface area contributed by atoms with Gasteiger partial charge in [0.1, 0.15) is 17.8 Å². The first kappa shape index (κ1) is 21.5. The Hall–Kier alpha value is -1.75. The van der Waals surface area contributed by atoms with Gasteiger partial charge in [0.15, 0.2) is 0 Å². The lowest BCUT2D eigenvalue weighted by Crippen LogP contribution is -2.57. The molecule has 3 heterocycles. The lowest BCUT2D eigenvalue weighted by molar-refractivity contribution is 0.244. The number of anilines is 1. The van der Waals surface area contributed by atoms with E-state index in [0.29, 0.717) is 13.1 Å². The Morgan fingerprint density at radius 1 is 1.23 bits per heavy atom. The molecule has 30 heavy (non-hydrogen) atoms. The van der Waals surface area contributed by atoms with Gasteiger partial charge in [-0.2, -0.15) is 12.7 Å². The topological polar surface area (TPSA) is 114 Å². The summed E-state index contributed by atoms with van der Waals surface area (Å²) in [6.07, 6.45) is 12.2. The standard InChI is InChI=1S/C12H15N5O3S.C8H17N/c18-21(19,20)17-6-5-16(7-12(17)2-3-12)11-9-1-4-13-10(9)14-8-15-11;1-9-7-8-5-3-2-4-6-8/h1,4,8H,2-3,5-7H2,(H,13,14,15)(H,18,19,20);8-9H,2-7H2,1H3. The van der Waals surface area contributed by atoms with Crippen LogP contribution in [0.5, 0.6) is 0 Å². The average Bonchev–Trinajstić information content (AvgIpc) is 3.30. The molecule has 5 rings (SSSR count). The second kappa shape index (κ2) is 8.78. The molecular weight excluding hydrogens is 404 g/mol. The summed E-state index contributed by atoms with van der Waals surface area (Å²) in [6.45, 7) is 2.55. The minimum absolute atomic E-state index is 0.273. The third-order valence-corrected chi connectivity index (χ3v) is 7.67. The second-order valence-electron chi connectivity index (χ2n) is 8.69. The molecule has 3 fully saturated rings. The molecule has 2 aromatic rings. The number of piperazine rings is 1. The maximum atomic E-state index is 11.5. The molecule has 2 aromatic heterocycles. The lowest BCUT2D eigenvalue weighted by Gasteiger charge is -2.40. The molecule has 0 radical (unpaired) electrons. The number of nitrogens with one attached hydrogen (secondary N) is 2. The molecule has 1 spiro atoms. The van der Waals surface area contributed by atoms with Gasteiger partial charge in [-0.15, -0.1) is 0 Å². The first-order chi connectivity index (χ1) is 14.4. The first-order valence-corrected chi connectivity index (χ1v) is 12.3. The number of nitrogens with zero attached hydrogens (tertiary/aromatic N) is 4. The van der Waals surface area contributed by atoms with Gasteiger partial charge in [0, 0.05) is 25.8 Å². The normalized spacial score (nSPS) is 22.1. The van der Waals surface area contributed by atoms with Gasteiger partial charge in [0.2, 0.25) is 0 Å². The molecular formula is C20H32N6O3S. The fourth-order valence-electron chi connectivity index (χ4n) is 4.85. The zero-order valence-corrected chi connectivity index (χ0v) is 18.4. The summed E-state index contributed by atoms with van der Waals surface area (Å²) in [4.78, 5) is 13.6. The predicted molar refractivity (Wildman–Crippen MR) is 117 cm³/mol. The molecule has 9 nitrogen and oxygen atoms in total. The van der Waals surface area contributed by atoms with Crippen molar-refractivity contribution in [3.8, 4) is 0 Å². The zero-order chi connectivity index (χ0) is 21.2. The molecule has 0 unspecified atom stereocenters. The molecule has 0 amide bonds. The summed E-state index contributed by atoms with van der Waals surface area (Å²) in [6, 6.07) is 1.92. The summed E-state index contributed by atoms with van der Waals surface area (Å²) in [5.74, 6) is 1.80. The number of aromatic amines is 1. The van der Waals surface area contributed by atoms with Crippen molar-refractivity contribution in [2.45, 2.75) is 50.5 Å². The van der Waals surface area contributed by atoms with Crippen LogP contribution >= 0.6 is 0 Å². The molecule has 0 bridgehead atoms. The molecule has 2 aliphatic carbocycles. The van der Waals surface area contributed by atoms with Gasteiger partial charge in [0.25, 0.3) is 0 Å². The molecule has 1 aliphatic heterocycles. The van der Waals surface area contributed by atoms with Crippen LogP contribution < -0.4 is 10.2 Å². The van der Waals surface area contributed by atoms with Crippen LogP contribution in [0.15, 0.2) is 18.6 Å². The van der Waals surface area contributed by atoms with Crippen molar-refractivity contribution in [1.29, 1.82) is 0 Å². The maximum Gasteiger partial charge on any atom is 0.336 e. The van der Waals surface area contributed by atoms with Gasteiger partial charge < -0.3 is 15.2 Å². The highest BCUT2D eigenvalue weighted by molar-refractivity contribution is 7.83. The van der Waals surface area contributed by atoms with Crippen molar-refractivity contribution in [3.63, 3.8) is 0 Å². The van der Waals surface area contributed by atoms with E-state index in [2.05, 4.69) is 32.2 Å². The highest BCUT2D eigenvalue weighted by Crippen LogP contribution is 2.46. The zero-order valence-electron chi connectivity index (χ0n) is 17.5. The van der Waals surface area contributed by atoms with Crippen molar-refractivity contribution >= 4 is 27.2 Å². The van der Waals surface area contributed by atoms with Gasteiger partial charge in [0.05, 0.1) is 10.9 Å². The second-order valence-corrected chi connectivity index (χ2v) is 10.0. The Kier molecular flexibility index (Phi) is 6.29. The average molecular weight is 437 g/mol. The van der Waals surface area contributed by atoms with Gasteiger partial charge in [-0.25, -0.2) is 9.97 Å². The van der Waals surface area contributed by atoms with Crippen LogP contribution in [0, 0.1) is 5.92 Å². The Morgan fingerprint density at radius 3 is 2.67 bits per heavy atom. The maximum absolute atomic E-state index is 11.5. The molecule has 1 saturated heterocycles. The smallest absolute Gasteiger partial charge is 0.336 e. The summed E-state index contributed by atoms with van der Waals surface area (Å²) in [5, 5.41) is 4.16. The Morgan fingerprint density at radius 2 is 2.00 bits per heavy atom. The van der Waals surface area contributed by atoms with Crippen LogP contribution in [0.25, 0.3) is 11.0 Å². The van der Waals surface area contributed by atoms with E-state index in [1.807, 2.05) is 12.3 Å². The highest BCUT2D eigenvalue weighted by Gasteiger charge is 2.55. The molecule has 0 aromatic carbocycles. The fourth-order valence-corrected chi connectivity index (χ4v) is 5.89. The van der Waals surface area contributed by atoms with Crippen molar-refractivity contribution < 1.29 is 13.0 Å². The molecule has 10 heteroatoms. The van der Waals surface area contributed by atoms with E-state index >= 15 is 0 Å². The minimum atomic E-state index is -4.14. The third kappa shape index (κ3) is 4.61. The monoisotopic (exact) mass is 436 g/mol. The van der Waals surface area contributed by atoms with Crippen molar-refractivity contribution in [3.05, 3.63) is 18.6 Å². The number of hydrogen-bond donors (Lipinski definition) is 3. The van der Waals surface area contributed by atoms with Crippen LogP contribution in [0.1, 0.15) is 44.9 Å². The first-order valence-electron chi connectivity index (χ1n) is 10.9. The third-order valence-electron chi connectivity index (χ3n) is 6.54. The van der Waals surface area contributed by atoms with E-state index < -0.39 is 15.8 Å². The van der Waals surface area contributed by atoms with Crippen molar-refractivity contribution in [2.24, 2.45) is 5.92 Å². The van der Waals surface area contributed by atoms with Crippen molar-refractivity contribution in [2.75, 3.05) is 38.1 Å². The quantitative estimate of drug-likeness (QED) is 0.630. The van der Waals surface area contributed by atoms with Crippen LogP contribution in [0.2, 0.25) is 0 Å².